The van der Waals surface area contributed by atoms with E-state index in [2.05, 4.69) is 14.5 Å². The molecule has 3 heterocycles. The van der Waals surface area contributed by atoms with E-state index in [1.807, 2.05) is 36.4 Å². The van der Waals surface area contributed by atoms with E-state index in [4.69, 9.17) is 0 Å². The Bertz CT molecular complexity index is 600. The monoisotopic (exact) mass is 284 g/mol. The maximum absolute atomic E-state index is 12.3. The maximum atomic E-state index is 12.3. The van der Waals surface area contributed by atoms with Gasteiger partial charge < -0.3 is 9.47 Å². The molecular formula is C16H20N4O. The molecule has 0 N–H and O–H groups in total. The van der Waals surface area contributed by atoms with E-state index in [-0.39, 0.29) is 5.91 Å². The molecule has 0 saturated carbocycles. The van der Waals surface area contributed by atoms with Gasteiger partial charge >= 0.3 is 0 Å². The predicted octanol–water partition coefficient (Wildman–Crippen LogP) is 2.14. The summed E-state index contributed by atoms with van der Waals surface area (Å²) in [4.78, 5) is 22.6. The molecule has 5 nitrogen and oxygen atoms in total. The number of likely N-dealkylation sites (tertiary alicyclic amines) is 1. The van der Waals surface area contributed by atoms with Crippen LogP contribution in [0.3, 0.4) is 0 Å². The Hall–Kier alpha value is -2.17. The average Bonchev–Trinajstić information content (AvgIpc) is 2.93. The number of nitrogens with zero attached hydrogens (tertiary/aromatic N) is 4. The topological polar surface area (TPSA) is 51.0 Å². The number of rotatable bonds is 3. The summed E-state index contributed by atoms with van der Waals surface area (Å²) in [6.45, 7) is 4.68. The lowest BCUT2D eigenvalue weighted by atomic mass is 9.96. The molecule has 1 aliphatic heterocycles. The summed E-state index contributed by atoms with van der Waals surface area (Å²) in [5.74, 6) is 1.78. The van der Waals surface area contributed by atoms with E-state index in [1.54, 1.807) is 12.4 Å². The van der Waals surface area contributed by atoms with Crippen LogP contribution in [0.1, 0.15) is 29.0 Å². The Morgan fingerprint density at radius 2 is 2.14 bits per heavy atom. The number of hydrogen-bond donors (Lipinski definition) is 0. The Kier molecular flexibility index (Phi) is 3.99. The number of carbonyl (C=O) groups is 1. The van der Waals surface area contributed by atoms with E-state index in [9.17, 15) is 4.79 Å². The van der Waals surface area contributed by atoms with Crippen LogP contribution in [0.25, 0.3) is 0 Å². The molecule has 0 spiro atoms. The van der Waals surface area contributed by atoms with Gasteiger partial charge in [0.1, 0.15) is 5.82 Å². The number of pyridine rings is 1. The standard InChI is InChI=1S/C16H20N4O/c1-13-18-7-10-20(13)12-14-4-8-19(9-5-14)16(21)15-3-2-6-17-11-15/h2-3,6-7,10-11,14H,4-5,8-9,12H2,1H3. The first-order valence-electron chi connectivity index (χ1n) is 7.41. The largest absolute Gasteiger partial charge is 0.339 e. The van der Waals surface area contributed by atoms with Crippen molar-refractivity contribution in [1.29, 1.82) is 0 Å². The highest BCUT2D eigenvalue weighted by atomic mass is 16.2. The van der Waals surface area contributed by atoms with Crippen molar-refractivity contribution < 1.29 is 4.79 Å². The van der Waals surface area contributed by atoms with Crippen LogP contribution in [0.5, 0.6) is 0 Å². The first-order valence-corrected chi connectivity index (χ1v) is 7.41. The summed E-state index contributed by atoms with van der Waals surface area (Å²) in [5, 5.41) is 0. The molecule has 2 aromatic heterocycles. The maximum Gasteiger partial charge on any atom is 0.255 e. The number of piperidine rings is 1. The summed E-state index contributed by atoms with van der Waals surface area (Å²) in [7, 11) is 0. The van der Waals surface area contributed by atoms with Gasteiger partial charge in [-0.05, 0) is 37.8 Å². The molecule has 0 unspecified atom stereocenters. The molecule has 5 heteroatoms. The highest BCUT2D eigenvalue weighted by molar-refractivity contribution is 5.93. The lowest BCUT2D eigenvalue weighted by Gasteiger charge is -2.32. The summed E-state index contributed by atoms with van der Waals surface area (Å²) >= 11 is 0. The third kappa shape index (κ3) is 3.12. The lowest BCUT2D eigenvalue weighted by Crippen LogP contribution is -2.39. The number of carbonyl (C=O) groups excluding carboxylic acids is 1. The van der Waals surface area contributed by atoms with Gasteiger partial charge in [0.2, 0.25) is 0 Å². The Labute approximate surface area is 124 Å². The fourth-order valence-corrected chi connectivity index (χ4v) is 2.87. The molecule has 1 aliphatic rings. The van der Waals surface area contributed by atoms with Crippen molar-refractivity contribution in [3.05, 3.63) is 48.3 Å². The first-order chi connectivity index (χ1) is 10.2. The quantitative estimate of drug-likeness (QED) is 0.867. The van der Waals surface area contributed by atoms with E-state index in [1.165, 1.54) is 0 Å². The van der Waals surface area contributed by atoms with Gasteiger partial charge in [0.05, 0.1) is 5.56 Å². The molecule has 1 saturated heterocycles. The molecule has 2 aromatic rings. The number of aromatic nitrogens is 3. The van der Waals surface area contributed by atoms with Gasteiger partial charge in [-0.2, -0.15) is 0 Å². The average molecular weight is 284 g/mol. The molecular weight excluding hydrogens is 264 g/mol. The molecule has 0 aromatic carbocycles. The van der Waals surface area contributed by atoms with Crippen LogP contribution in [0.2, 0.25) is 0 Å². The van der Waals surface area contributed by atoms with Gasteiger partial charge in [0.15, 0.2) is 0 Å². The first kappa shape index (κ1) is 13.8. The number of amides is 1. The molecule has 21 heavy (non-hydrogen) atoms. The van der Waals surface area contributed by atoms with Crippen molar-refractivity contribution in [2.45, 2.75) is 26.3 Å². The zero-order chi connectivity index (χ0) is 14.7. The molecule has 110 valence electrons. The van der Waals surface area contributed by atoms with Crippen molar-refractivity contribution in [1.82, 2.24) is 19.4 Å². The smallest absolute Gasteiger partial charge is 0.255 e. The molecule has 3 rings (SSSR count). The predicted molar refractivity (Wildman–Crippen MR) is 79.8 cm³/mol. The summed E-state index contributed by atoms with van der Waals surface area (Å²) < 4.78 is 2.20. The van der Waals surface area contributed by atoms with E-state index < -0.39 is 0 Å². The molecule has 1 fully saturated rings. The number of hydrogen-bond acceptors (Lipinski definition) is 3. The SMILES string of the molecule is Cc1nccn1CC1CCN(C(=O)c2cccnc2)CC1. The third-order valence-electron chi connectivity index (χ3n) is 4.19. The minimum absolute atomic E-state index is 0.0976. The molecule has 1 amide bonds. The molecule has 0 bridgehead atoms. The lowest BCUT2D eigenvalue weighted by molar-refractivity contribution is 0.0682. The van der Waals surface area contributed by atoms with E-state index in [0.717, 1.165) is 38.3 Å². The van der Waals surface area contributed by atoms with Crippen LogP contribution < -0.4 is 0 Å². The highest BCUT2D eigenvalue weighted by Gasteiger charge is 2.24. The van der Waals surface area contributed by atoms with Crippen LogP contribution in [-0.2, 0) is 6.54 Å². The summed E-state index contributed by atoms with van der Waals surface area (Å²) in [6.07, 6.45) is 9.30. The van der Waals surface area contributed by atoms with Crippen LogP contribution >= 0.6 is 0 Å². The zero-order valence-corrected chi connectivity index (χ0v) is 12.3. The van der Waals surface area contributed by atoms with Gasteiger partial charge in [0.25, 0.3) is 5.91 Å². The second kappa shape index (κ2) is 6.08. The van der Waals surface area contributed by atoms with Crippen LogP contribution in [0.15, 0.2) is 36.9 Å². The fraction of sp³-hybridized carbons (Fsp3) is 0.438. The molecule has 0 radical (unpaired) electrons. The zero-order valence-electron chi connectivity index (χ0n) is 12.3. The van der Waals surface area contributed by atoms with Gasteiger partial charge in [-0.15, -0.1) is 0 Å². The number of imidazole rings is 1. The fourth-order valence-electron chi connectivity index (χ4n) is 2.87. The Morgan fingerprint density at radius 1 is 1.33 bits per heavy atom. The van der Waals surface area contributed by atoms with Crippen LogP contribution in [-0.4, -0.2) is 38.4 Å². The highest BCUT2D eigenvalue weighted by Crippen LogP contribution is 2.21. The van der Waals surface area contributed by atoms with Crippen molar-refractivity contribution in [3.63, 3.8) is 0 Å². The van der Waals surface area contributed by atoms with E-state index in [0.29, 0.717) is 11.5 Å². The van der Waals surface area contributed by atoms with Crippen molar-refractivity contribution >= 4 is 5.91 Å². The van der Waals surface area contributed by atoms with Crippen molar-refractivity contribution in [2.75, 3.05) is 13.1 Å². The normalized spacial score (nSPS) is 16.1. The second-order valence-electron chi connectivity index (χ2n) is 5.60. The molecule has 0 aliphatic carbocycles. The van der Waals surface area contributed by atoms with Crippen LogP contribution in [0.4, 0.5) is 0 Å². The Balaban J connectivity index is 1.56. The van der Waals surface area contributed by atoms with Crippen LogP contribution in [0, 0.1) is 12.8 Å². The van der Waals surface area contributed by atoms with E-state index >= 15 is 0 Å². The summed E-state index contributed by atoms with van der Waals surface area (Å²) in [5.41, 5.74) is 0.682. The minimum atomic E-state index is 0.0976. The van der Waals surface area contributed by atoms with Gasteiger partial charge in [-0.1, -0.05) is 0 Å². The van der Waals surface area contributed by atoms with Gasteiger partial charge in [0, 0.05) is 44.4 Å². The van der Waals surface area contributed by atoms with Crippen molar-refractivity contribution in [2.24, 2.45) is 5.92 Å². The third-order valence-corrected chi connectivity index (χ3v) is 4.19. The second-order valence-corrected chi connectivity index (χ2v) is 5.60. The van der Waals surface area contributed by atoms with Gasteiger partial charge in [-0.3, -0.25) is 9.78 Å². The van der Waals surface area contributed by atoms with Crippen molar-refractivity contribution in [3.8, 4) is 0 Å². The number of aryl methyl sites for hydroxylation is 1. The Morgan fingerprint density at radius 3 is 2.76 bits per heavy atom. The molecule has 0 atom stereocenters. The van der Waals surface area contributed by atoms with Gasteiger partial charge in [-0.25, -0.2) is 4.98 Å². The summed E-state index contributed by atoms with van der Waals surface area (Å²) in [6, 6.07) is 3.64. The minimum Gasteiger partial charge on any atom is -0.339 e.